The maximum atomic E-state index is 8.99. The first-order chi connectivity index (χ1) is 9.66. The van der Waals surface area contributed by atoms with Gasteiger partial charge in [0.15, 0.2) is 0 Å². The summed E-state index contributed by atoms with van der Waals surface area (Å²) in [7, 11) is 0. The van der Waals surface area contributed by atoms with E-state index in [2.05, 4.69) is 20.7 Å². The molecule has 7 nitrogen and oxygen atoms in total. The number of hydrogen-bond acceptors (Lipinski definition) is 7. The van der Waals surface area contributed by atoms with E-state index in [1.807, 2.05) is 12.1 Å². The normalized spacial score (nSPS) is 9.40. The predicted octanol–water partition coefficient (Wildman–Crippen LogP) is 1.56. The Hall–Kier alpha value is -3.16. The van der Waals surface area contributed by atoms with Crippen molar-refractivity contribution in [2.24, 2.45) is 5.84 Å². The van der Waals surface area contributed by atoms with Crippen LogP contribution in [0.5, 0.6) is 0 Å². The Balaban J connectivity index is 2.33. The number of nitriles is 2. The molecule has 0 atom stereocenters. The van der Waals surface area contributed by atoms with Crippen molar-refractivity contribution < 1.29 is 0 Å². The molecule has 0 spiro atoms. The molecule has 1 aromatic heterocycles. The van der Waals surface area contributed by atoms with Crippen molar-refractivity contribution in [1.82, 2.24) is 9.97 Å². The summed E-state index contributed by atoms with van der Waals surface area (Å²) < 4.78 is 0. The first-order valence-corrected chi connectivity index (χ1v) is 5.70. The van der Waals surface area contributed by atoms with Crippen LogP contribution in [0, 0.1) is 29.6 Å². The van der Waals surface area contributed by atoms with E-state index in [1.165, 1.54) is 0 Å². The highest BCUT2D eigenvalue weighted by molar-refractivity contribution is 5.63. The molecule has 0 saturated carbocycles. The molecule has 98 valence electrons. The van der Waals surface area contributed by atoms with Crippen LogP contribution >= 0.6 is 0 Å². The lowest BCUT2D eigenvalue weighted by atomic mass is 10.1. The van der Waals surface area contributed by atoms with Crippen LogP contribution in [0.2, 0.25) is 0 Å². The average molecular weight is 265 g/mol. The van der Waals surface area contributed by atoms with E-state index >= 15 is 0 Å². The number of hydrazine groups is 1. The Kier molecular flexibility index (Phi) is 3.75. The van der Waals surface area contributed by atoms with E-state index in [1.54, 1.807) is 31.2 Å². The van der Waals surface area contributed by atoms with Gasteiger partial charge in [-0.15, -0.1) is 0 Å². The Labute approximate surface area is 115 Å². The maximum Gasteiger partial charge on any atom is 0.145 e. The van der Waals surface area contributed by atoms with Crippen molar-refractivity contribution in [2.45, 2.75) is 6.92 Å². The molecule has 0 unspecified atom stereocenters. The monoisotopic (exact) mass is 265 g/mol. The number of aromatic nitrogens is 2. The fraction of sp³-hybridized carbons (Fsp3) is 0.0769. The highest BCUT2D eigenvalue weighted by atomic mass is 15.3. The molecule has 0 aliphatic heterocycles. The molecule has 2 aromatic rings. The molecule has 0 aliphatic carbocycles. The molecule has 4 N–H and O–H groups in total. The largest absolute Gasteiger partial charge is 0.340 e. The molecule has 0 radical (unpaired) electrons. The van der Waals surface area contributed by atoms with Crippen molar-refractivity contribution in [3.8, 4) is 12.1 Å². The minimum Gasteiger partial charge on any atom is -0.340 e. The summed E-state index contributed by atoms with van der Waals surface area (Å²) >= 11 is 0. The van der Waals surface area contributed by atoms with Gasteiger partial charge in [0, 0.05) is 11.8 Å². The van der Waals surface area contributed by atoms with Gasteiger partial charge >= 0.3 is 0 Å². The predicted molar refractivity (Wildman–Crippen MR) is 73.7 cm³/mol. The van der Waals surface area contributed by atoms with Gasteiger partial charge in [0.05, 0.1) is 11.1 Å². The van der Waals surface area contributed by atoms with Crippen LogP contribution in [-0.2, 0) is 0 Å². The number of nitrogens with two attached hydrogens (primary N) is 1. The van der Waals surface area contributed by atoms with E-state index in [-0.39, 0.29) is 0 Å². The Morgan fingerprint density at radius 2 is 1.75 bits per heavy atom. The van der Waals surface area contributed by atoms with Crippen LogP contribution in [0.25, 0.3) is 0 Å². The number of rotatable bonds is 3. The van der Waals surface area contributed by atoms with Gasteiger partial charge in [-0.25, -0.2) is 15.8 Å². The zero-order valence-corrected chi connectivity index (χ0v) is 10.7. The summed E-state index contributed by atoms with van der Waals surface area (Å²) in [6, 6.07) is 10.4. The zero-order chi connectivity index (χ0) is 14.5. The number of benzene rings is 1. The number of nitrogens with one attached hydrogen (secondary N) is 2. The van der Waals surface area contributed by atoms with Gasteiger partial charge in [-0.3, -0.25) is 0 Å². The molecular weight excluding hydrogens is 254 g/mol. The third kappa shape index (κ3) is 2.80. The second-order valence-electron chi connectivity index (χ2n) is 3.94. The minimum atomic E-state index is 0.306. The Morgan fingerprint density at radius 3 is 2.40 bits per heavy atom. The number of anilines is 3. The molecule has 0 bridgehead atoms. The maximum absolute atomic E-state index is 8.99. The highest BCUT2D eigenvalue weighted by Crippen LogP contribution is 2.20. The van der Waals surface area contributed by atoms with Crippen molar-refractivity contribution >= 4 is 17.3 Å². The van der Waals surface area contributed by atoms with E-state index < -0.39 is 0 Å². The summed E-state index contributed by atoms with van der Waals surface area (Å²) in [6.07, 6.45) is 0. The third-order valence-electron chi connectivity index (χ3n) is 2.52. The van der Waals surface area contributed by atoms with Crippen LogP contribution in [0.1, 0.15) is 17.0 Å². The topological polar surface area (TPSA) is 123 Å². The third-order valence-corrected chi connectivity index (χ3v) is 2.52. The molecule has 20 heavy (non-hydrogen) atoms. The quantitative estimate of drug-likeness (QED) is 0.568. The lowest BCUT2D eigenvalue weighted by Gasteiger charge is -2.08. The van der Waals surface area contributed by atoms with Crippen LogP contribution in [0.3, 0.4) is 0 Å². The summed E-state index contributed by atoms with van der Waals surface area (Å²) in [5, 5.41) is 20.9. The van der Waals surface area contributed by atoms with Gasteiger partial charge in [-0.05, 0) is 25.1 Å². The van der Waals surface area contributed by atoms with Gasteiger partial charge < -0.3 is 10.7 Å². The first-order valence-electron chi connectivity index (χ1n) is 5.70. The van der Waals surface area contributed by atoms with Gasteiger partial charge in [0.2, 0.25) is 0 Å². The molecule has 1 aromatic carbocycles. The van der Waals surface area contributed by atoms with Crippen LogP contribution in [0.4, 0.5) is 17.3 Å². The molecular formula is C13H11N7. The highest BCUT2D eigenvalue weighted by Gasteiger charge is 2.05. The zero-order valence-electron chi connectivity index (χ0n) is 10.7. The van der Waals surface area contributed by atoms with Gasteiger partial charge in [-0.1, -0.05) is 0 Å². The minimum absolute atomic E-state index is 0.306. The number of nitrogen functional groups attached to an aromatic ring is 1. The van der Waals surface area contributed by atoms with Gasteiger partial charge in [0.1, 0.15) is 29.6 Å². The molecule has 0 amide bonds. The molecule has 0 saturated heterocycles. The van der Waals surface area contributed by atoms with Crippen LogP contribution in [-0.4, -0.2) is 9.97 Å². The molecule has 1 heterocycles. The fourth-order valence-electron chi connectivity index (χ4n) is 1.67. The van der Waals surface area contributed by atoms with Crippen molar-refractivity contribution in [3.05, 3.63) is 41.2 Å². The van der Waals surface area contributed by atoms with Crippen molar-refractivity contribution in [1.29, 1.82) is 10.5 Å². The van der Waals surface area contributed by atoms with Gasteiger partial charge in [0.25, 0.3) is 0 Å². The molecule has 0 fully saturated rings. The fourth-order valence-corrected chi connectivity index (χ4v) is 1.67. The lowest BCUT2D eigenvalue weighted by molar-refractivity contribution is 1.05. The van der Waals surface area contributed by atoms with E-state index in [0.717, 1.165) is 0 Å². The number of nitrogens with zero attached hydrogens (tertiary/aromatic N) is 4. The van der Waals surface area contributed by atoms with Gasteiger partial charge in [-0.2, -0.15) is 10.5 Å². The van der Waals surface area contributed by atoms with Crippen LogP contribution in [0.15, 0.2) is 24.3 Å². The summed E-state index contributed by atoms with van der Waals surface area (Å²) in [5.74, 6) is 6.89. The SMILES string of the molecule is Cc1nc(NN)cc(Nc2ccc(C#N)c(C#N)c2)n1. The van der Waals surface area contributed by atoms with E-state index in [0.29, 0.717) is 34.3 Å². The first kappa shape index (κ1) is 13.3. The van der Waals surface area contributed by atoms with Crippen molar-refractivity contribution in [3.63, 3.8) is 0 Å². The Morgan fingerprint density at radius 1 is 1.05 bits per heavy atom. The summed E-state index contributed by atoms with van der Waals surface area (Å²) in [4.78, 5) is 8.28. The summed E-state index contributed by atoms with van der Waals surface area (Å²) in [6.45, 7) is 1.74. The smallest absolute Gasteiger partial charge is 0.145 e. The van der Waals surface area contributed by atoms with E-state index in [4.69, 9.17) is 16.4 Å². The Bertz CT molecular complexity index is 724. The van der Waals surface area contributed by atoms with Crippen LogP contribution < -0.4 is 16.6 Å². The molecule has 0 aliphatic rings. The standard InChI is InChI=1S/C13H11N7/c1-8-17-12(5-13(18-8)20-16)19-11-3-2-9(6-14)10(4-11)7-15/h2-5H,16H2,1H3,(H2,17,18,19,20). The average Bonchev–Trinajstić information content (AvgIpc) is 2.46. The molecule has 7 heteroatoms. The number of aryl methyl sites for hydroxylation is 1. The summed E-state index contributed by atoms with van der Waals surface area (Å²) in [5.41, 5.74) is 3.74. The number of hydrogen-bond donors (Lipinski definition) is 3. The second kappa shape index (κ2) is 5.65. The van der Waals surface area contributed by atoms with E-state index in [9.17, 15) is 0 Å². The van der Waals surface area contributed by atoms with Crippen molar-refractivity contribution in [2.75, 3.05) is 10.7 Å². The lowest BCUT2D eigenvalue weighted by Crippen LogP contribution is -2.10. The second-order valence-corrected chi connectivity index (χ2v) is 3.94. The molecule has 2 rings (SSSR count).